The van der Waals surface area contributed by atoms with Gasteiger partial charge in [0, 0.05) is 0 Å². The first-order chi connectivity index (χ1) is 6.63. The monoisotopic (exact) mass is 192 g/mol. The Morgan fingerprint density at radius 3 is 2.50 bits per heavy atom. The zero-order chi connectivity index (χ0) is 10.3. The molecule has 1 aromatic carbocycles. The Labute approximate surface area is 80.9 Å². The van der Waals surface area contributed by atoms with Crippen molar-refractivity contribution >= 4 is 11.0 Å². The number of ether oxygens (including phenoxy) is 1. The summed E-state index contributed by atoms with van der Waals surface area (Å²) in [7, 11) is 1.59. The van der Waals surface area contributed by atoms with Gasteiger partial charge in [-0.1, -0.05) is 0 Å². The van der Waals surface area contributed by atoms with Crippen LogP contribution in [-0.2, 0) is 0 Å². The van der Waals surface area contributed by atoms with Gasteiger partial charge < -0.3 is 14.7 Å². The summed E-state index contributed by atoms with van der Waals surface area (Å²) in [4.78, 5) is 16.6. The second-order valence-electron chi connectivity index (χ2n) is 3.35. The van der Waals surface area contributed by atoms with Gasteiger partial charge in [-0.15, -0.1) is 0 Å². The number of aromatic nitrogens is 2. The van der Waals surface area contributed by atoms with E-state index in [9.17, 15) is 4.79 Å². The summed E-state index contributed by atoms with van der Waals surface area (Å²) >= 11 is 0. The lowest BCUT2D eigenvalue weighted by molar-refractivity contribution is 0.418. The van der Waals surface area contributed by atoms with Gasteiger partial charge in [-0.25, -0.2) is 4.79 Å². The molecule has 0 saturated carbocycles. The molecule has 2 N–H and O–H groups in total. The smallest absolute Gasteiger partial charge is 0.323 e. The molecule has 0 atom stereocenters. The number of aryl methyl sites for hydroxylation is 2. The minimum absolute atomic E-state index is 0.202. The van der Waals surface area contributed by atoms with Crippen LogP contribution in [0.4, 0.5) is 0 Å². The van der Waals surface area contributed by atoms with Crippen molar-refractivity contribution in [3.8, 4) is 5.75 Å². The number of benzene rings is 1. The van der Waals surface area contributed by atoms with Gasteiger partial charge in [0.25, 0.3) is 0 Å². The molecule has 2 rings (SSSR count). The van der Waals surface area contributed by atoms with Crippen molar-refractivity contribution < 1.29 is 4.74 Å². The van der Waals surface area contributed by atoms with Crippen LogP contribution in [0, 0.1) is 13.8 Å². The van der Waals surface area contributed by atoms with Crippen LogP contribution in [0.25, 0.3) is 11.0 Å². The molecule has 0 aliphatic rings. The largest absolute Gasteiger partial charge is 0.494 e. The molecule has 14 heavy (non-hydrogen) atoms. The summed E-state index contributed by atoms with van der Waals surface area (Å²) in [5, 5.41) is 0. The van der Waals surface area contributed by atoms with Gasteiger partial charge in [-0.3, -0.25) is 0 Å². The fourth-order valence-electron chi connectivity index (χ4n) is 1.58. The van der Waals surface area contributed by atoms with Crippen molar-refractivity contribution in [3.63, 3.8) is 0 Å². The summed E-state index contributed by atoms with van der Waals surface area (Å²) in [6.45, 7) is 3.96. The highest BCUT2D eigenvalue weighted by atomic mass is 16.5. The standard InChI is InChI=1S/C10H12N2O2/c1-5-4-7(14-3)9-8(6(5)2)11-10(13)12-9/h4H,1-3H3,(H2,11,12,13). The van der Waals surface area contributed by atoms with Crippen LogP contribution in [0.2, 0.25) is 0 Å². The van der Waals surface area contributed by atoms with Crippen LogP contribution in [0.3, 0.4) is 0 Å². The number of nitrogens with one attached hydrogen (secondary N) is 2. The van der Waals surface area contributed by atoms with Crippen molar-refractivity contribution in [1.82, 2.24) is 9.97 Å². The van der Waals surface area contributed by atoms with E-state index >= 15 is 0 Å². The molecule has 0 aliphatic carbocycles. The van der Waals surface area contributed by atoms with Crippen LogP contribution >= 0.6 is 0 Å². The van der Waals surface area contributed by atoms with Crippen molar-refractivity contribution in [1.29, 1.82) is 0 Å². The van der Waals surface area contributed by atoms with Crippen molar-refractivity contribution in [3.05, 3.63) is 27.7 Å². The number of hydrogen-bond acceptors (Lipinski definition) is 2. The molecule has 74 valence electrons. The predicted molar refractivity (Wildman–Crippen MR) is 54.9 cm³/mol. The maximum atomic E-state index is 11.2. The van der Waals surface area contributed by atoms with Gasteiger partial charge in [-0.2, -0.15) is 0 Å². The Balaban J connectivity index is 2.95. The van der Waals surface area contributed by atoms with Gasteiger partial charge in [0.2, 0.25) is 0 Å². The summed E-state index contributed by atoms with van der Waals surface area (Å²) in [5.41, 5.74) is 3.53. The van der Waals surface area contributed by atoms with Crippen LogP contribution in [0.5, 0.6) is 5.75 Å². The molecule has 4 heteroatoms. The van der Waals surface area contributed by atoms with Crippen LogP contribution < -0.4 is 10.4 Å². The molecule has 0 aliphatic heterocycles. The van der Waals surface area contributed by atoms with Crippen molar-refractivity contribution in [2.75, 3.05) is 7.11 Å². The average molecular weight is 192 g/mol. The van der Waals surface area contributed by atoms with Crippen LogP contribution in [-0.4, -0.2) is 17.1 Å². The molecule has 0 radical (unpaired) electrons. The minimum atomic E-state index is -0.202. The van der Waals surface area contributed by atoms with E-state index in [2.05, 4.69) is 9.97 Å². The Kier molecular flexibility index (Phi) is 1.84. The van der Waals surface area contributed by atoms with E-state index < -0.39 is 0 Å². The van der Waals surface area contributed by atoms with E-state index in [1.807, 2.05) is 19.9 Å². The highest BCUT2D eigenvalue weighted by Crippen LogP contribution is 2.26. The zero-order valence-electron chi connectivity index (χ0n) is 8.39. The number of methoxy groups -OCH3 is 1. The quantitative estimate of drug-likeness (QED) is 0.719. The third kappa shape index (κ3) is 1.11. The summed E-state index contributed by atoms with van der Waals surface area (Å²) in [5.74, 6) is 0.696. The SMILES string of the molecule is COc1cc(C)c(C)c2[nH]c(=O)[nH]c12. The molecule has 0 saturated heterocycles. The number of H-pyrrole nitrogens is 2. The van der Waals surface area contributed by atoms with Gasteiger partial charge in [0.15, 0.2) is 0 Å². The molecule has 2 aromatic rings. The number of aromatic amines is 2. The van der Waals surface area contributed by atoms with E-state index in [0.29, 0.717) is 5.75 Å². The van der Waals surface area contributed by atoms with E-state index in [0.717, 1.165) is 22.2 Å². The lowest BCUT2D eigenvalue weighted by Gasteiger charge is -2.06. The predicted octanol–water partition coefficient (Wildman–Crippen LogP) is 1.48. The Morgan fingerprint density at radius 1 is 1.21 bits per heavy atom. The normalized spacial score (nSPS) is 10.8. The second kappa shape index (κ2) is 2.90. The molecular formula is C10H12N2O2. The lowest BCUT2D eigenvalue weighted by atomic mass is 10.1. The first-order valence-electron chi connectivity index (χ1n) is 4.39. The average Bonchev–Trinajstić information content (AvgIpc) is 2.54. The van der Waals surface area contributed by atoms with Gasteiger partial charge in [-0.05, 0) is 31.0 Å². The number of rotatable bonds is 1. The molecule has 1 heterocycles. The number of imidazole rings is 1. The lowest BCUT2D eigenvalue weighted by Crippen LogP contribution is -1.99. The molecule has 0 amide bonds. The Hall–Kier alpha value is -1.71. The highest BCUT2D eigenvalue weighted by Gasteiger charge is 2.09. The first kappa shape index (κ1) is 8.87. The number of fused-ring (bicyclic) bond motifs is 1. The summed E-state index contributed by atoms with van der Waals surface area (Å²) in [6.07, 6.45) is 0. The van der Waals surface area contributed by atoms with Crippen LogP contribution in [0.1, 0.15) is 11.1 Å². The second-order valence-corrected chi connectivity index (χ2v) is 3.35. The molecule has 0 unspecified atom stereocenters. The Bertz CT molecular complexity index is 537. The maximum Gasteiger partial charge on any atom is 0.323 e. The molecule has 0 fully saturated rings. The fraction of sp³-hybridized carbons (Fsp3) is 0.300. The topological polar surface area (TPSA) is 57.9 Å². The summed E-state index contributed by atoms with van der Waals surface area (Å²) < 4.78 is 5.19. The van der Waals surface area contributed by atoms with E-state index in [4.69, 9.17) is 4.74 Å². The first-order valence-corrected chi connectivity index (χ1v) is 4.39. The van der Waals surface area contributed by atoms with Gasteiger partial charge in [0.05, 0.1) is 12.6 Å². The molecule has 0 bridgehead atoms. The minimum Gasteiger partial charge on any atom is -0.494 e. The van der Waals surface area contributed by atoms with Gasteiger partial charge >= 0.3 is 5.69 Å². The molecule has 4 nitrogen and oxygen atoms in total. The van der Waals surface area contributed by atoms with E-state index in [1.165, 1.54) is 0 Å². The Morgan fingerprint density at radius 2 is 1.86 bits per heavy atom. The van der Waals surface area contributed by atoms with Gasteiger partial charge in [0.1, 0.15) is 11.3 Å². The van der Waals surface area contributed by atoms with E-state index in [1.54, 1.807) is 7.11 Å². The maximum absolute atomic E-state index is 11.2. The molecule has 1 aromatic heterocycles. The van der Waals surface area contributed by atoms with Crippen LogP contribution in [0.15, 0.2) is 10.9 Å². The fourth-order valence-corrected chi connectivity index (χ4v) is 1.58. The third-order valence-corrected chi connectivity index (χ3v) is 2.51. The van der Waals surface area contributed by atoms with Crippen molar-refractivity contribution in [2.45, 2.75) is 13.8 Å². The summed E-state index contributed by atoms with van der Waals surface area (Å²) in [6, 6.07) is 1.92. The zero-order valence-corrected chi connectivity index (χ0v) is 8.39. The highest BCUT2D eigenvalue weighted by molar-refractivity contribution is 5.85. The third-order valence-electron chi connectivity index (χ3n) is 2.51. The molecular weight excluding hydrogens is 180 g/mol. The number of hydrogen-bond donors (Lipinski definition) is 2. The van der Waals surface area contributed by atoms with Crippen molar-refractivity contribution in [2.24, 2.45) is 0 Å². The van der Waals surface area contributed by atoms with E-state index in [-0.39, 0.29) is 5.69 Å². The molecule has 0 spiro atoms.